The SMILES string of the molecule is COc1ccc(C(c2cccc3ccccc23)N2CCC(C(=O)O)CC2)cc1OC. The van der Waals surface area contributed by atoms with E-state index in [0.717, 1.165) is 18.7 Å². The van der Waals surface area contributed by atoms with E-state index in [1.807, 2.05) is 12.1 Å². The van der Waals surface area contributed by atoms with Crippen LogP contribution in [-0.2, 0) is 4.79 Å². The van der Waals surface area contributed by atoms with Crippen molar-refractivity contribution in [2.45, 2.75) is 18.9 Å². The second kappa shape index (κ2) is 8.76. The Balaban J connectivity index is 1.81. The molecular formula is C25H27NO4. The summed E-state index contributed by atoms with van der Waals surface area (Å²) in [5, 5.41) is 11.8. The number of hydrogen-bond donors (Lipinski definition) is 1. The summed E-state index contributed by atoms with van der Waals surface area (Å²) >= 11 is 0. The quantitative estimate of drug-likeness (QED) is 0.642. The Morgan fingerprint density at radius 2 is 1.67 bits per heavy atom. The van der Waals surface area contributed by atoms with Gasteiger partial charge in [0.05, 0.1) is 26.2 Å². The molecule has 1 unspecified atom stereocenters. The number of piperidine rings is 1. The second-order valence-electron chi connectivity index (χ2n) is 7.73. The maximum atomic E-state index is 11.5. The van der Waals surface area contributed by atoms with Gasteiger partial charge in [-0.05, 0) is 60.0 Å². The van der Waals surface area contributed by atoms with Gasteiger partial charge in [0.2, 0.25) is 0 Å². The van der Waals surface area contributed by atoms with Crippen LogP contribution in [0.3, 0.4) is 0 Å². The monoisotopic (exact) mass is 405 g/mol. The molecule has 30 heavy (non-hydrogen) atoms. The molecule has 0 radical (unpaired) electrons. The van der Waals surface area contributed by atoms with Crippen LogP contribution in [0.25, 0.3) is 10.8 Å². The Bertz CT molecular complexity index is 1040. The minimum Gasteiger partial charge on any atom is -0.493 e. The van der Waals surface area contributed by atoms with Gasteiger partial charge in [0, 0.05) is 0 Å². The van der Waals surface area contributed by atoms with Crippen molar-refractivity contribution in [1.29, 1.82) is 0 Å². The average Bonchev–Trinajstić information content (AvgIpc) is 2.79. The van der Waals surface area contributed by atoms with Crippen LogP contribution in [0.2, 0.25) is 0 Å². The van der Waals surface area contributed by atoms with E-state index >= 15 is 0 Å². The minimum absolute atomic E-state index is 0.00523. The molecule has 5 nitrogen and oxygen atoms in total. The van der Waals surface area contributed by atoms with E-state index in [-0.39, 0.29) is 12.0 Å². The van der Waals surface area contributed by atoms with Gasteiger partial charge in [-0.1, -0.05) is 48.5 Å². The number of likely N-dealkylation sites (tertiary alicyclic amines) is 1. The zero-order valence-electron chi connectivity index (χ0n) is 17.4. The first-order chi connectivity index (χ1) is 14.6. The van der Waals surface area contributed by atoms with Crippen molar-refractivity contribution in [2.24, 2.45) is 5.92 Å². The van der Waals surface area contributed by atoms with E-state index in [4.69, 9.17) is 9.47 Å². The number of hydrogen-bond acceptors (Lipinski definition) is 4. The molecule has 0 amide bonds. The molecule has 0 spiro atoms. The van der Waals surface area contributed by atoms with Crippen LogP contribution in [0.5, 0.6) is 11.5 Å². The Kier molecular flexibility index (Phi) is 5.91. The van der Waals surface area contributed by atoms with E-state index in [1.54, 1.807) is 14.2 Å². The lowest BCUT2D eigenvalue weighted by Crippen LogP contribution is -2.39. The average molecular weight is 405 g/mol. The van der Waals surface area contributed by atoms with E-state index in [9.17, 15) is 9.90 Å². The molecule has 3 aromatic carbocycles. The van der Waals surface area contributed by atoms with Crippen molar-refractivity contribution in [1.82, 2.24) is 4.90 Å². The van der Waals surface area contributed by atoms with Gasteiger partial charge < -0.3 is 14.6 Å². The number of ether oxygens (including phenoxy) is 2. The third-order valence-corrected chi connectivity index (χ3v) is 6.09. The normalized spacial score (nSPS) is 16.3. The van der Waals surface area contributed by atoms with Gasteiger partial charge in [0.1, 0.15) is 0 Å². The summed E-state index contributed by atoms with van der Waals surface area (Å²) < 4.78 is 11.0. The summed E-state index contributed by atoms with van der Waals surface area (Å²) in [6.45, 7) is 1.47. The molecule has 3 aromatic rings. The first kappa shape index (κ1) is 20.2. The third kappa shape index (κ3) is 3.85. The van der Waals surface area contributed by atoms with Gasteiger partial charge in [-0.15, -0.1) is 0 Å². The summed E-state index contributed by atoms with van der Waals surface area (Å²) in [4.78, 5) is 13.8. The van der Waals surface area contributed by atoms with E-state index < -0.39 is 5.97 Å². The lowest BCUT2D eigenvalue weighted by Gasteiger charge is -2.37. The first-order valence-corrected chi connectivity index (χ1v) is 10.3. The van der Waals surface area contributed by atoms with Crippen molar-refractivity contribution >= 4 is 16.7 Å². The highest BCUT2D eigenvalue weighted by atomic mass is 16.5. The number of carbonyl (C=O) groups is 1. The molecule has 1 atom stereocenters. The molecule has 156 valence electrons. The van der Waals surface area contributed by atoms with Gasteiger partial charge in [-0.25, -0.2) is 0 Å². The Morgan fingerprint density at radius 3 is 2.37 bits per heavy atom. The molecule has 1 aliphatic heterocycles. The van der Waals surface area contributed by atoms with Crippen LogP contribution >= 0.6 is 0 Å². The standard InChI is InChI=1S/C25H27NO4/c1-29-22-11-10-19(16-23(22)30-2)24(26-14-12-18(13-15-26)25(27)28)21-9-5-7-17-6-3-4-8-20(17)21/h3-11,16,18,24H,12-15H2,1-2H3,(H,27,28). The molecule has 1 aliphatic rings. The fourth-order valence-electron chi connectivity index (χ4n) is 4.50. The molecule has 1 saturated heterocycles. The zero-order valence-corrected chi connectivity index (χ0v) is 17.4. The van der Waals surface area contributed by atoms with Crippen LogP contribution in [0.4, 0.5) is 0 Å². The summed E-state index contributed by atoms with van der Waals surface area (Å²) in [6.07, 6.45) is 1.31. The highest BCUT2D eigenvalue weighted by Gasteiger charge is 2.31. The lowest BCUT2D eigenvalue weighted by atomic mass is 9.89. The van der Waals surface area contributed by atoms with Crippen LogP contribution in [0.1, 0.15) is 30.0 Å². The fraction of sp³-hybridized carbons (Fsp3) is 0.320. The number of nitrogens with zero attached hydrogens (tertiary/aromatic N) is 1. The molecule has 5 heteroatoms. The molecule has 0 aliphatic carbocycles. The Morgan fingerprint density at radius 1 is 0.967 bits per heavy atom. The summed E-state index contributed by atoms with van der Waals surface area (Å²) in [5.41, 5.74) is 2.33. The van der Waals surface area contributed by atoms with Crippen molar-refractivity contribution in [2.75, 3.05) is 27.3 Å². The van der Waals surface area contributed by atoms with Crippen LogP contribution in [-0.4, -0.2) is 43.3 Å². The number of rotatable bonds is 6. The predicted molar refractivity (Wildman–Crippen MR) is 117 cm³/mol. The number of carboxylic acid groups (broad SMARTS) is 1. The minimum atomic E-state index is -0.692. The molecule has 4 rings (SSSR count). The number of benzene rings is 3. The molecule has 1 heterocycles. The number of methoxy groups -OCH3 is 2. The van der Waals surface area contributed by atoms with E-state index in [2.05, 4.69) is 53.4 Å². The number of carboxylic acids is 1. The van der Waals surface area contributed by atoms with E-state index in [0.29, 0.717) is 24.3 Å². The van der Waals surface area contributed by atoms with Gasteiger partial charge in [-0.2, -0.15) is 0 Å². The Hall–Kier alpha value is -3.05. The highest BCUT2D eigenvalue weighted by Crippen LogP contribution is 2.39. The second-order valence-corrected chi connectivity index (χ2v) is 7.73. The summed E-state index contributed by atoms with van der Waals surface area (Å²) in [6, 6.07) is 20.9. The van der Waals surface area contributed by atoms with Crippen LogP contribution in [0.15, 0.2) is 60.7 Å². The number of fused-ring (bicyclic) bond motifs is 1. The van der Waals surface area contributed by atoms with Gasteiger partial charge in [-0.3, -0.25) is 9.69 Å². The smallest absolute Gasteiger partial charge is 0.306 e. The zero-order chi connectivity index (χ0) is 21.1. The van der Waals surface area contributed by atoms with Crippen molar-refractivity contribution in [3.63, 3.8) is 0 Å². The topological polar surface area (TPSA) is 59.0 Å². The van der Waals surface area contributed by atoms with Crippen molar-refractivity contribution in [3.8, 4) is 11.5 Å². The fourth-order valence-corrected chi connectivity index (χ4v) is 4.50. The molecule has 0 saturated carbocycles. The first-order valence-electron chi connectivity index (χ1n) is 10.3. The van der Waals surface area contributed by atoms with Gasteiger partial charge in [0.25, 0.3) is 0 Å². The van der Waals surface area contributed by atoms with Gasteiger partial charge in [0.15, 0.2) is 11.5 Å². The molecule has 1 N–H and O–H groups in total. The third-order valence-electron chi connectivity index (χ3n) is 6.09. The summed E-state index contributed by atoms with van der Waals surface area (Å²) in [5.74, 6) is 0.436. The summed E-state index contributed by atoms with van der Waals surface area (Å²) in [7, 11) is 3.28. The maximum Gasteiger partial charge on any atom is 0.306 e. The molecule has 0 bridgehead atoms. The lowest BCUT2D eigenvalue weighted by molar-refractivity contribution is -0.143. The molecule has 0 aromatic heterocycles. The van der Waals surface area contributed by atoms with Crippen LogP contribution in [0, 0.1) is 5.92 Å². The van der Waals surface area contributed by atoms with Crippen molar-refractivity contribution in [3.05, 3.63) is 71.8 Å². The largest absolute Gasteiger partial charge is 0.493 e. The number of aliphatic carboxylic acids is 1. The van der Waals surface area contributed by atoms with E-state index in [1.165, 1.54) is 16.3 Å². The highest BCUT2D eigenvalue weighted by molar-refractivity contribution is 5.86. The van der Waals surface area contributed by atoms with Crippen molar-refractivity contribution < 1.29 is 19.4 Å². The van der Waals surface area contributed by atoms with Crippen LogP contribution < -0.4 is 9.47 Å². The van der Waals surface area contributed by atoms with Gasteiger partial charge >= 0.3 is 5.97 Å². The molecule has 1 fully saturated rings. The maximum absolute atomic E-state index is 11.5. The predicted octanol–water partition coefficient (Wildman–Crippen LogP) is 4.74. The Labute approximate surface area is 176 Å². The molecular weight excluding hydrogens is 378 g/mol.